The summed E-state index contributed by atoms with van der Waals surface area (Å²) in [6.07, 6.45) is 6.02. The van der Waals surface area contributed by atoms with Crippen molar-refractivity contribution >= 4 is 12.0 Å². The lowest BCUT2D eigenvalue weighted by Crippen LogP contribution is -2.09. The van der Waals surface area contributed by atoms with Crippen LogP contribution in [0.25, 0.3) is 6.08 Å². The summed E-state index contributed by atoms with van der Waals surface area (Å²) in [5.74, 6) is 0.267. The second kappa shape index (κ2) is 11.6. The van der Waals surface area contributed by atoms with Crippen LogP contribution in [-0.2, 0) is 4.79 Å². The lowest BCUT2D eigenvalue weighted by atomic mass is 10.2. The molecule has 0 saturated carbocycles. The highest BCUT2D eigenvalue weighted by molar-refractivity contribution is 5.90. The van der Waals surface area contributed by atoms with E-state index in [0.29, 0.717) is 23.7 Å². The molecule has 0 bridgehead atoms. The number of carboxylic acid groups (broad SMARTS) is 1. The van der Waals surface area contributed by atoms with Crippen molar-refractivity contribution in [3.05, 3.63) is 53.8 Å². The van der Waals surface area contributed by atoms with Crippen LogP contribution in [0.2, 0.25) is 0 Å². The van der Waals surface area contributed by atoms with Gasteiger partial charge in [-0.25, -0.2) is 4.79 Å². The van der Waals surface area contributed by atoms with E-state index in [1.165, 1.54) is 33.1 Å². The van der Waals surface area contributed by atoms with Gasteiger partial charge in [0.2, 0.25) is 11.5 Å². The quantitative estimate of drug-likeness (QED) is 0.301. The first kappa shape index (κ1) is 22.1. The van der Waals surface area contributed by atoms with Gasteiger partial charge in [0.15, 0.2) is 11.5 Å². The van der Waals surface area contributed by atoms with Gasteiger partial charge in [-0.2, -0.15) is 0 Å². The molecule has 2 aromatic carbocycles. The molecule has 6 nitrogen and oxygen atoms in total. The maximum Gasteiger partial charge on any atom is 0.371 e. The fourth-order valence-corrected chi connectivity index (χ4v) is 2.69. The molecule has 0 unspecified atom stereocenters. The molecule has 0 fully saturated rings. The molecule has 0 amide bonds. The van der Waals surface area contributed by atoms with Crippen molar-refractivity contribution in [3.63, 3.8) is 0 Å². The summed E-state index contributed by atoms with van der Waals surface area (Å²) in [6.45, 7) is 2.85. The molecule has 0 heterocycles. The summed E-state index contributed by atoms with van der Waals surface area (Å²) in [5.41, 5.74) is 0.676. The summed E-state index contributed by atoms with van der Waals surface area (Å²) < 4.78 is 21.9. The summed E-state index contributed by atoms with van der Waals surface area (Å²) in [6, 6.07) is 12.3. The van der Waals surface area contributed by atoms with Crippen LogP contribution in [0.4, 0.5) is 0 Å². The molecule has 2 rings (SSSR count). The fourth-order valence-electron chi connectivity index (χ4n) is 2.69. The highest BCUT2D eigenvalue weighted by Crippen LogP contribution is 2.38. The summed E-state index contributed by atoms with van der Waals surface area (Å²) >= 11 is 0. The fraction of sp³-hybridized carbons (Fsp3) is 0.348. The average Bonchev–Trinajstić information content (AvgIpc) is 2.74. The lowest BCUT2D eigenvalue weighted by Gasteiger charge is -2.14. The molecule has 0 spiro atoms. The highest BCUT2D eigenvalue weighted by Gasteiger charge is 2.18. The van der Waals surface area contributed by atoms with E-state index in [2.05, 4.69) is 6.92 Å². The first-order chi connectivity index (χ1) is 14.1. The minimum atomic E-state index is -1.20. The molecule has 156 valence electrons. The molecule has 0 radical (unpaired) electrons. The Labute approximate surface area is 171 Å². The zero-order chi connectivity index (χ0) is 21.1. The largest absolute Gasteiger partial charge is 0.494 e. The Hall–Kier alpha value is -3.15. The minimum absolute atomic E-state index is 0.207. The Morgan fingerprint density at radius 1 is 0.966 bits per heavy atom. The van der Waals surface area contributed by atoms with Crippen molar-refractivity contribution in [2.24, 2.45) is 0 Å². The van der Waals surface area contributed by atoms with E-state index in [1.54, 1.807) is 30.3 Å². The molecule has 0 aromatic heterocycles. The van der Waals surface area contributed by atoms with Gasteiger partial charge >= 0.3 is 5.97 Å². The topological polar surface area (TPSA) is 74.2 Å². The van der Waals surface area contributed by atoms with E-state index in [1.807, 2.05) is 12.1 Å². The Balaban J connectivity index is 2.12. The zero-order valence-corrected chi connectivity index (χ0v) is 17.1. The first-order valence-electron chi connectivity index (χ1n) is 9.65. The Morgan fingerprint density at radius 2 is 1.62 bits per heavy atom. The Bertz CT molecular complexity index is 788. The number of aliphatic carboxylic acids is 1. The number of methoxy groups -OCH3 is 2. The van der Waals surface area contributed by atoms with E-state index in [-0.39, 0.29) is 11.5 Å². The van der Waals surface area contributed by atoms with Crippen molar-refractivity contribution < 1.29 is 28.8 Å². The minimum Gasteiger partial charge on any atom is -0.494 e. The van der Waals surface area contributed by atoms with Gasteiger partial charge in [0, 0.05) is 0 Å². The van der Waals surface area contributed by atoms with Crippen LogP contribution in [-0.4, -0.2) is 31.9 Å². The molecule has 0 aliphatic carbocycles. The highest BCUT2D eigenvalue weighted by atomic mass is 16.6. The predicted octanol–water partition coefficient (Wildman–Crippen LogP) is 5.17. The number of carbonyl (C=O) groups is 1. The normalized spacial score (nSPS) is 11.1. The number of hydrogen-bond donors (Lipinski definition) is 1. The van der Waals surface area contributed by atoms with Crippen molar-refractivity contribution in [2.45, 2.75) is 32.6 Å². The van der Waals surface area contributed by atoms with Crippen molar-refractivity contribution in [1.82, 2.24) is 0 Å². The number of para-hydroxylation sites is 1. The van der Waals surface area contributed by atoms with Crippen molar-refractivity contribution in [3.8, 4) is 23.0 Å². The van der Waals surface area contributed by atoms with Crippen molar-refractivity contribution in [2.75, 3.05) is 20.8 Å². The molecule has 0 aliphatic rings. The van der Waals surface area contributed by atoms with Crippen LogP contribution in [0.15, 0.2) is 48.2 Å². The number of benzene rings is 2. The van der Waals surface area contributed by atoms with Crippen molar-refractivity contribution in [1.29, 1.82) is 0 Å². The van der Waals surface area contributed by atoms with Gasteiger partial charge in [-0.05, 0) is 42.3 Å². The van der Waals surface area contributed by atoms with Crippen LogP contribution in [0.3, 0.4) is 0 Å². The molecule has 0 saturated heterocycles. The third-order valence-electron chi connectivity index (χ3n) is 4.25. The van der Waals surface area contributed by atoms with Gasteiger partial charge in [-0.3, -0.25) is 0 Å². The smallest absolute Gasteiger partial charge is 0.371 e. The maximum absolute atomic E-state index is 11.7. The zero-order valence-electron chi connectivity index (χ0n) is 17.1. The summed E-state index contributed by atoms with van der Waals surface area (Å²) in [4.78, 5) is 11.7. The van der Waals surface area contributed by atoms with Gasteiger partial charge < -0.3 is 24.1 Å². The van der Waals surface area contributed by atoms with E-state index in [0.717, 1.165) is 18.6 Å². The third-order valence-corrected chi connectivity index (χ3v) is 4.25. The van der Waals surface area contributed by atoms with Crippen LogP contribution in [0.1, 0.15) is 38.2 Å². The molecular formula is C23H28O6. The lowest BCUT2D eigenvalue weighted by molar-refractivity contribution is -0.134. The SMILES string of the molecule is CCCCCCOc1ccc(C=C(Oc2c(OC)cccc2OC)C(=O)O)cc1. The predicted molar refractivity (Wildman–Crippen MR) is 112 cm³/mol. The number of rotatable bonds is 12. The third kappa shape index (κ3) is 6.75. The van der Waals surface area contributed by atoms with Crippen LogP contribution < -0.4 is 18.9 Å². The van der Waals surface area contributed by atoms with Gasteiger partial charge in [0.05, 0.1) is 20.8 Å². The molecule has 29 heavy (non-hydrogen) atoms. The Morgan fingerprint density at radius 3 is 2.17 bits per heavy atom. The number of carboxylic acids is 1. The number of ether oxygens (including phenoxy) is 4. The molecule has 0 aliphatic heterocycles. The number of unbranched alkanes of at least 4 members (excludes halogenated alkanes) is 3. The average molecular weight is 400 g/mol. The van der Waals surface area contributed by atoms with Crippen LogP contribution >= 0.6 is 0 Å². The van der Waals surface area contributed by atoms with Gasteiger partial charge in [-0.15, -0.1) is 0 Å². The van der Waals surface area contributed by atoms with E-state index in [9.17, 15) is 9.90 Å². The monoisotopic (exact) mass is 400 g/mol. The first-order valence-corrected chi connectivity index (χ1v) is 9.65. The summed E-state index contributed by atoms with van der Waals surface area (Å²) in [7, 11) is 2.96. The Kier molecular flexibility index (Phi) is 8.89. The molecular weight excluding hydrogens is 372 g/mol. The second-order valence-corrected chi connectivity index (χ2v) is 6.39. The van der Waals surface area contributed by atoms with E-state index >= 15 is 0 Å². The van der Waals surface area contributed by atoms with E-state index < -0.39 is 5.97 Å². The van der Waals surface area contributed by atoms with E-state index in [4.69, 9.17) is 18.9 Å². The molecule has 0 atom stereocenters. The molecule has 2 aromatic rings. The van der Waals surface area contributed by atoms with Crippen LogP contribution in [0, 0.1) is 0 Å². The maximum atomic E-state index is 11.7. The second-order valence-electron chi connectivity index (χ2n) is 6.39. The summed E-state index contributed by atoms with van der Waals surface area (Å²) in [5, 5.41) is 9.57. The standard InChI is InChI=1S/C23H28O6/c1-4-5-6-7-15-28-18-13-11-17(12-14-18)16-21(23(24)25)29-22-19(26-2)9-8-10-20(22)27-3/h8-14,16H,4-7,15H2,1-3H3,(H,24,25). The van der Waals surface area contributed by atoms with Gasteiger partial charge in [0.25, 0.3) is 0 Å². The van der Waals surface area contributed by atoms with Crippen LogP contribution in [0.5, 0.6) is 23.0 Å². The van der Waals surface area contributed by atoms with Gasteiger partial charge in [0.1, 0.15) is 5.75 Å². The number of hydrogen-bond acceptors (Lipinski definition) is 5. The van der Waals surface area contributed by atoms with Gasteiger partial charge in [-0.1, -0.05) is 44.4 Å². The molecule has 1 N–H and O–H groups in total. The molecule has 6 heteroatoms.